The van der Waals surface area contributed by atoms with E-state index in [-0.39, 0.29) is 0 Å². The molecule has 4 aromatic heterocycles. The van der Waals surface area contributed by atoms with E-state index in [4.69, 9.17) is 19.4 Å². The molecule has 7 nitrogen and oxygen atoms in total. The van der Waals surface area contributed by atoms with Gasteiger partial charge < -0.3 is 13.6 Å². The molecular formula is C58H34N6O. The van der Waals surface area contributed by atoms with E-state index in [1.807, 2.05) is 84.9 Å². The maximum absolute atomic E-state index is 11.2. The molecule has 0 aliphatic heterocycles. The van der Waals surface area contributed by atoms with Crippen LogP contribution in [0.2, 0.25) is 0 Å². The molecule has 4 heterocycles. The zero-order valence-electron chi connectivity index (χ0n) is 34.7. The molecule has 0 fully saturated rings. The minimum absolute atomic E-state index is 0.444. The first-order valence-electron chi connectivity index (χ1n) is 21.6. The normalized spacial score (nSPS) is 11.7. The van der Waals surface area contributed by atoms with Gasteiger partial charge in [0.2, 0.25) is 0 Å². The van der Waals surface area contributed by atoms with Crippen molar-refractivity contribution in [2.45, 2.75) is 0 Å². The van der Waals surface area contributed by atoms with Crippen LogP contribution in [-0.4, -0.2) is 24.1 Å². The molecule has 0 aliphatic carbocycles. The van der Waals surface area contributed by atoms with Crippen LogP contribution in [0.5, 0.6) is 0 Å². The predicted molar refractivity (Wildman–Crippen MR) is 262 cm³/mol. The molecule has 13 aromatic rings. The summed E-state index contributed by atoms with van der Waals surface area (Å²) in [4.78, 5) is 15.6. The molecule has 0 saturated heterocycles. The van der Waals surface area contributed by atoms with E-state index in [1.165, 1.54) is 0 Å². The molecule has 0 spiro atoms. The second-order valence-electron chi connectivity index (χ2n) is 16.2. The monoisotopic (exact) mass is 830 g/mol. The summed E-state index contributed by atoms with van der Waals surface area (Å²) in [7, 11) is 0. The van der Waals surface area contributed by atoms with E-state index in [9.17, 15) is 5.26 Å². The van der Waals surface area contributed by atoms with E-state index >= 15 is 0 Å². The fourth-order valence-corrected chi connectivity index (χ4v) is 9.79. The van der Waals surface area contributed by atoms with Crippen molar-refractivity contribution in [3.05, 3.63) is 212 Å². The lowest BCUT2D eigenvalue weighted by Crippen LogP contribution is -2.03. The van der Waals surface area contributed by atoms with Crippen molar-refractivity contribution in [3.8, 4) is 62.7 Å². The van der Waals surface area contributed by atoms with Gasteiger partial charge >= 0.3 is 0 Å². The Morgan fingerprint density at radius 1 is 0.415 bits per heavy atom. The summed E-state index contributed by atoms with van der Waals surface area (Å²) in [5.74, 6) is 1.43. The Kier molecular flexibility index (Phi) is 8.14. The largest absolute Gasteiger partial charge is 0.455 e. The van der Waals surface area contributed by atoms with Gasteiger partial charge in [-0.3, -0.25) is 0 Å². The maximum Gasteiger partial charge on any atom is 0.167 e. The number of benzene rings is 9. The lowest BCUT2D eigenvalue weighted by atomic mass is 9.99. The van der Waals surface area contributed by atoms with Gasteiger partial charge in [-0.05, 0) is 71.8 Å². The highest BCUT2D eigenvalue weighted by atomic mass is 16.3. The van der Waals surface area contributed by atoms with E-state index in [0.29, 0.717) is 34.2 Å². The molecule has 7 heteroatoms. The van der Waals surface area contributed by atoms with Crippen LogP contribution < -0.4 is 0 Å². The van der Waals surface area contributed by atoms with E-state index in [1.54, 1.807) is 0 Å². The predicted octanol–water partition coefficient (Wildman–Crippen LogP) is 14.5. The van der Waals surface area contributed by atoms with Crippen molar-refractivity contribution in [2.24, 2.45) is 0 Å². The third kappa shape index (κ3) is 5.64. The first kappa shape index (κ1) is 36.5. The topological polar surface area (TPSA) is 85.5 Å². The molecule has 65 heavy (non-hydrogen) atoms. The lowest BCUT2D eigenvalue weighted by molar-refractivity contribution is 0.669. The van der Waals surface area contributed by atoms with Crippen LogP contribution in [0.25, 0.3) is 122 Å². The first-order valence-corrected chi connectivity index (χ1v) is 21.6. The Bertz CT molecular complexity index is 4080. The molecule has 13 rings (SSSR count). The first-order chi connectivity index (χ1) is 32.2. The van der Waals surface area contributed by atoms with Gasteiger partial charge in [0.15, 0.2) is 17.5 Å². The average molecular weight is 831 g/mol. The van der Waals surface area contributed by atoms with Gasteiger partial charge in [0, 0.05) is 49.1 Å². The van der Waals surface area contributed by atoms with Crippen LogP contribution in [0.1, 0.15) is 5.56 Å². The van der Waals surface area contributed by atoms with Crippen LogP contribution in [0.15, 0.2) is 211 Å². The van der Waals surface area contributed by atoms with Crippen LogP contribution in [0.3, 0.4) is 0 Å². The molecule has 0 N–H and O–H groups in total. The minimum atomic E-state index is 0.444. The van der Waals surface area contributed by atoms with Gasteiger partial charge in [0.05, 0.1) is 38.9 Å². The summed E-state index contributed by atoms with van der Waals surface area (Å²) in [5, 5.41) is 17.6. The zero-order chi connectivity index (χ0) is 43.0. The number of aromatic nitrogens is 5. The fourth-order valence-electron chi connectivity index (χ4n) is 9.79. The molecule has 9 aromatic carbocycles. The molecule has 0 radical (unpaired) electrons. The Hall–Kier alpha value is -9.12. The van der Waals surface area contributed by atoms with Gasteiger partial charge in [-0.1, -0.05) is 146 Å². The molecule has 0 atom stereocenters. The highest BCUT2D eigenvalue weighted by molar-refractivity contribution is 6.26. The van der Waals surface area contributed by atoms with Crippen LogP contribution in [-0.2, 0) is 0 Å². The fraction of sp³-hybridized carbons (Fsp3) is 0. The van der Waals surface area contributed by atoms with Crippen molar-refractivity contribution < 1.29 is 4.42 Å². The van der Waals surface area contributed by atoms with Crippen molar-refractivity contribution in [3.63, 3.8) is 0 Å². The number of furan rings is 1. The number of fused-ring (bicyclic) bond motifs is 10. The SMILES string of the molecule is N#Cc1cc(-c2nc(-c3ccccc3-c3ccccc3)nc(-c3cccc4c3oc3ccccc34)n2)ccc1-n1c2ccccc2c2ccc3c(c4ccccc4n3-c3ccccc3)c21. The van der Waals surface area contributed by atoms with Crippen molar-refractivity contribution in [1.82, 2.24) is 24.1 Å². The van der Waals surface area contributed by atoms with Gasteiger partial charge in [-0.15, -0.1) is 0 Å². The Balaban J connectivity index is 1.06. The molecular weight excluding hydrogens is 797 g/mol. The van der Waals surface area contributed by atoms with Gasteiger partial charge in [0.25, 0.3) is 0 Å². The number of hydrogen-bond acceptors (Lipinski definition) is 5. The van der Waals surface area contributed by atoms with Gasteiger partial charge in [-0.2, -0.15) is 5.26 Å². The average Bonchev–Trinajstić information content (AvgIpc) is 4.04. The molecule has 0 saturated carbocycles. The minimum Gasteiger partial charge on any atom is -0.455 e. The number of rotatable bonds is 6. The molecule has 302 valence electrons. The summed E-state index contributed by atoms with van der Waals surface area (Å²) in [6, 6.07) is 73.1. The second kappa shape index (κ2) is 14.5. The third-order valence-corrected chi connectivity index (χ3v) is 12.6. The smallest absolute Gasteiger partial charge is 0.167 e. The Morgan fingerprint density at radius 2 is 1.03 bits per heavy atom. The Labute approximate surface area is 372 Å². The number of hydrogen-bond donors (Lipinski definition) is 0. The van der Waals surface area contributed by atoms with Crippen LogP contribution in [0, 0.1) is 11.3 Å². The van der Waals surface area contributed by atoms with E-state index < -0.39 is 0 Å². The molecule has 0 aliphatic rings. The summed E-state index contributed by atoms with van der Waals surface area (Å²) in [6.45, 7) is 0. The van der Waals surface area contributed by atoms with E-state index in [0.717, 1.165) is 93.6 Å². The summed E-state index contributed by atoms with van der Waals surface area (Å²) in [6.07, 6.45) is 0. The van der Waals surface area contributed by atoms with Crippen molar-refractivity contribution in [1.29, 1.82) is 5.26 Å². The van der Waals surface area contributed by atoms with E-state index in [2.05, 4.69) is 137 Å². The molecule has 0 amide bonds. The van der Waals surface area contributed by atoms with Gasteiger partial charge in [-0.25, -0.2) is 15.0 Å². The van der Waals surface area contributed by atoms with Gasteiger partial charge in [0.1, 0.15) is 17.2 Å². The quantitative estimate of drug-likeness (QED) is 0.167. The summed E-state index contributed by atoms with van der Waals surface area (Å²) >= 11 is 0. The number of nitriles is 1. The standard InChI is InChI=1S/C58H34N6O/c59-35-38-34-37(30-32-48(38)64-49-27-12-9-21-41(49)43-31-33-51-53(54(43)64)46-24-10-13-28-50(46)63(51)39-18-5-2-6-19-39)56-60-57(45-23-8-7-20-40(45)36-16-3-1-4-17-36)62-58(61-56)47-26-15-25-44-42-22-11-14-29-52(42)65-55(44)47/h1-34H. The second-order valence-corrected chi connectivity index (χ2v) is 16.2. The maximum atomic E-state index is 11.2. The van der Waals surface area contributed by atoms with Crippen molar-refractivity contribution >= 4 is 65.6 Å². The van der Waals surface area contributed by atoms with Crippen LogP contribution in [0.4, 0.5) is 0 Å². The third-order valence-electron chi connectivity index (χ3n) is 12.6. The van der Waals surface area contributed by atoms with Crippen LogP contribution >= 0.6 is 0 Å². The highest BCUT2D eigenvalue weighted by Crippen LogP contribution is 2.43. The highest BCUT2D eigenvalue weighted by Gasteiger charge is 2.24. The zero-order valence-corrected chi connectivity index (χ0v) is 34.7. The number of nitrogens with zero attached hydrogens (tertiary/aromatic N) is 6. The number of para-hydroxylation sites is 5. The summed E-state index contributed by atoms with van der Waals surface area (Å²) in [5.41, 5.74) is 12.4. The molecule has 0 unspecified atom stereocenters. The lowest BCUT2D eigenvalue weighted by Gasteiger charge is -2.14. The Morgan fingerprint density at radius 3 is 1.83 bits per heavy atom. The summed E-state index contributed by atoms with van der Waals surface area (Å²) < 4.78 is 11.1. The van der Waals surface area contributed by atoms with Crippen molar-refractivity contribution in [2.75, 3.05) is 0 Å². The molecule has 0 bridgehead atoms.